The van der Waals surface area contributed by atoms with Crippen molar-refractivity contribution in [2.24, 2.45) is 0 Å². The zero-order chi connectivity index (χ0) is 17.8. The number of pyridine rings is 2. The molecule has 2 aliphatic rings. The summed E-state index contributed by atoms with van der Waals surface area (Å²) in [5.41, 5.74) is 2.70. The maximum Gasteiger partial charge on any atom is 0.0723 e. The Morgan fingerprint density at radius 3 is 2.65 bits per heavy atom. The summed E-state index contributed by atoms with van der Waals surface area (Å²) < 4.78 is 6.36. The van der Waals surface area contributed by atoms with Gasteiger partial charge in [-0.3, -0.25) is 19.8 Å². The van der Waals surface area contributed by atoms with Crippen molar-refractivity contribution >= 4 is 0 Å². The van der Waals surface area contributed by atoms with Gasteiger partial charge in [-0.1, -0.05) is 6.07 Å². The highest BCUT2D eigenvalue weighted by Gasteiger charge is 2.43. The zero-order valence-corrected chi connectivity index (χ0v) is 15.6. The predicted molar refractivity (Wildman–Crippen MR) is 102 cm³/mol. The number of hydrogen-bond donors (Lipinski definition) is 0. The van der Waals surface area contributed by atoms with Crippen LogP contribution in [-0.4, -0.2) is 58.2 Å². The molecule has 0 saturated carbocycles. The van der Waals surface area contributed by atoms with Gasteiger partial charge in [0.1, 0.15) is 0 Å². The first-order chi connectivity index (χ1) is 12.7. The Morgan fingerprint density at radius 1 is 1.12 bits per heavy atom. The maximum absolute atomic E-state index is 6.36. The van der Waals surface area contributed by atoms with Crippen LogP contribution in [0.3, 0.4) is 0 Å². The molecule has 1 atom stereocenters. The van der Waals surface area contributed by atoms with Gasteiger partial charge in [0.15, 0.2) is 0 Å². The largest absolute Gasteiger partial charge is 0.373 e. The van der Waals surface area contributed by atoms with E-state index in [0.717, 1.165) is 52.0 Å². The third kappa shape index (κ3) is 4.11. The molecule has 4 heterocycles. The summed E-state index contributed by atoms with van der Waals surface area (Å²) in [7, 11) is 2.21. The summed E-state index contributed by atoms with van der Waals surface area (Å²) in [5.74, 6) is 0. The molecular weight excluding hydrogens is 324 g/mol. The number of likely N-dealkylation sites (tertiary alicyclic amines) is 1. The highest BCUT2D eigenvalue weighted by atomic mass is 16.5. The summed E-state index contributed by atoms with van der Waals surface area (Å²) >= 11 is 0. The minimum absolute atomic E-state index is 0.0859. The Hall–Kier alpha value is -1.82. The lowest BCUT2D eigenvalue weighted by Gasteiger charge is -2.39. The Kier molecular flexibility index (Phi) is 5.29. The smallest absolute Gasteiger partial charge is 0.0723 e. The first-order valence-corrected chi connectivity index (χ1v) is 9.57. The van der Waals surface area contributed by atoms with Gasteiger partial charge in [-0.25, -0.2) is 0 Å². The Balaban J connectivity index is 1.28. The van der Waals surface area contributed by atoms with E-state index in [9.17, 15) is 0 Å². The van der Waals surface area contributed by atoms with Gasteiger partial charge < -0.3 is 4.74 Å². The van der Waals surface area contributed by atoms with Crippen LogP contribution in [0, 0.1) is 0 Å². The van der Waals surface area contributed by atoms with Crippen LogP contribution in [0.4, 0.5) is 0 Å². The molecule has 2 saturated heterocycles. The van der Waals surface area contributed by atoms with Crippen molar-refractivity contribution in [1.29, 1.82) is 0 Å². The zero-order valence-electron chi connectivity index (χ0n) is 15.6. The quantitative estimate of drug-likeness (QED) is 0.828. The Bertz CT molecular complexity index is 686. The summed E-state index contributed by atoms with van der Waals surface area (Å²) in [4.78, 5) is 13.3. The van der Waals surface area contributed by atoms with Crippen molar-refractivity contribution in [2.45, 2.75) is 44.0 Å². The average molecular weight is 352 g/mol. The molecule has 2 aromatic heterocycles. The van der Waals surface area contributed by atoms with Crippen molar-refractivity contribution in [3.63, 3.8) is 0 Å². The van der Waals surface area contributed by atoms with Gasteiger partial charge in [-0.2, -0.15) is 0 Å². The van der Waals surface area contributed by atoms with E-state index in [2.05, 4.69) is 45.0 Å². The molecule has 0 N–H and O–H groups in total. The van der Waals surface area contributed by atoms with Crippen LogP contribution in [0.2, 0.25) is 0 Å². The molecule has 5 heteroatoms. The molecule has 0 amide bonds. The van der Waals surface area contributed by atoms with E-state index in [1.165, 1.54) is 11.1 Å². The second-order valence-corrected chi connectivity index (χ2v) is 7.76. The van der Waals surface area contributed by atoms with Gasteiger partial charge in [-0.05, 0) is 55.6 Å². The number of rotatable bonds is 5. The van der Waals surface area contributed by atoms with Crippen molar-refractivity contribution in [3.8, 4) is 0 Å². The lowest BCUT2D eigenvalue weighted by Crippen LogP contribution is -2.44. The monoisotopic (exact) mass is 352 g/mol. The second kappa shape index (κ2) is 7.82. The molecule has 4 rings (SSSR count). The summed E-state index contributed by atoms with van der Waals surface area (Å²) in [6.07, 6.45) is 11.0. The molecule has 5 nitrogen and oxygen atoms in total. The number of piperidine rings is 1. The number of hydrogen-bond acceptors (Lipinski definition) is 5. The predicted octanol–water partition coefficient (Wildman–Crippen LogP) is 2.73. The van der Waals surface area contributed by atoms with Gasteiger partial charge in [0, 0.05) is 57.0 Å². The van der Waals surface area contributed by atoms with Crippen LogP contribution >= 0.6 is 0 Å². The molecule has 0 aliphatic carbocycles. The molecule has 138 valence electrons. The molecular formula is C21H28N4O. The van der Waals surface area contributed by atoms with Crippen molar-refractivity contribution in [3.05, 3.63) is 60.2 Å². The lowest BCUT2D eigenvalue weighted by molar-refractivity contribution is -0.0452. The van der Waals surface area contributed by atoms with Crippen molar-refractivity contribution < 1.29 is 4.74 Å². The van der Waals surface area contributed by atoms with Crippen LogP contribution in [0.25, 0.3) is 0 Å². The fraction of sp³-hybridized carbons (Fsp3) is 0.524. The maximum atomic E-state index is 6.36. The van der Waals surface area contributed by atoms with E-state index in [4.69, 9.17) is 4.74 Å². The topological polar surface area (TPSA) is 41.5 Å². The molecule has 1 spiro atoms. The molecule has 26 heavy (non-hydrogen) atoms. The highest BCUT2D eigenvalue weighted by molar-refractivity contribution is 5.10. The third-order valence-electron chi connectivity index (χ3n) is 5.89. The van der Waals surface area contributed by atoms with E-state index < -0.39 is 0 Å². The summed E-state index contributed by atoms with van der Waals surface area (Å²) in [6, 6.07) is 8.88. The highest BCUT2D eigenvalue weighted by Crippen LogP contribution is 2.37. The molecule has 0 bridgehead atoms. The number of nitrogens with zero attached hydrogens (tertiary/aromatic N) is 4. The van der Waals surface area contributed by atoms with Gasteiger partial charge in [0.2, 0.25) is 0 Å². The first kappa shape index (κ1) is 17.6. The molecule has 1 unspecified atom stereocenters. The van der Waals surface area contributed by atoms with Gasteiger partial charge in [-0.15, -0.1) is 0 Å². The Labute approximate surface area is 156 Å². The van der Waals surface area contributed by atoms with Gasteiger partial charge in [0.25, 0.3) is 0 Å². The van der Waals surface area contributed by atoms with Crippen LogP contribution in [0.15, 0.2) is 49.1 Å². The van der Waals surface area contributed by atoms with Crippen LogP contribution in [-0.2, 0) is 17.8 Å². The standard InChI is InChI=1S/C21H28N4O/c1-24(15-19-3-2-8-23-14-19)20-13-21(26-17-20)6-11-25(12-7-21)16-18-4-9-22-10-5-18/h2-5,8-10,14,20H,6-7,11-13,15-17H2,1H3. The first-order valence-electron chi connectivity index (χ1n) is 9.57. The summed E-state index contributed by atoms with van der Waals surface area (Å²) in [5, 5.41) is 0. The normalized spacial score (nSPS) is 22.9. The van der Waals surface area contributed by atoms with E-state index in [0.29, 0.717) is 6.04 Å². The van der Waals surface area contributed by atoms with Crippen LogP contribution in [0.1, 0.15) is 30.4 Å². The van der Waals surface area contributed by atoms with Crippen LogP contribution < -0.4 is 0 Å². The fourth-order valence-corrected chi connectivity index (χ4v) is 4.23. The molecule has 0 radical (unpaired) electrons. The van der Waals surface area contributed by atoms with E-state index in [1.54, 1.807) is 0 Å². The number of likely N-dealkylation sites (N-methyl/N-ethyl adjacent to an activating group) is 1. The van der Waals surface area contributed by atoms with E-state index in [-0.39, 0.29) is 5.60 Å². The average Bonchev–Trinajstić information content (AvgIpc) is 3.10. The summed E-state index contributed by atoms with van der Waals surface area (Å²) in [6.45, 7) is 5.03. The molecule has 2 fully saturated rings. The van der Waals surface area contributed by atoms with Crippen molar-refractivity contribution in [1.82, 2.24) is 19.8 Å². The molecule has 2 aromatic rings. The number of aromatic nitrogens is 2. The minimum Gasteiger partial charge on any atom is -0.373 e. The van der Waals surface area contributed by atoms with E-state index in [1.807, 2.05) is 30.9 Å². The second-order valence-electron chi connectivity index (χ2n) is 7.76. The number of ether oxygens (including phenoxy) is 1. The third-order valence-corrected chi connectivity index (χ3v) is 5.89. The molecule has 2 aliphatic heterocycles. The van der Waals surface area contributed by atoms with E-state index >= 15 is 0 Å². The Morgan fingerprint density at radius 2 is 1.92 bits per heavy atom. The van der Waals surface area contributed by atoms with Gasteiger partial charge in [0.05, 0.1) is 12.2 Å². The fourth-order valence-electron chi connectivity index (χ4n) is 4.23. The van der Waals surface area contributed by atoms with Gasteiger partial charge >= 0.3 is 0 Å². The molecule has 0 aromatic carbocycles. The lowest BCUT2D eigenvalue weighted by atomic mass is 9.87. The van der Waals surface area contributed by atoms with Crippen molar-refractivity contribution in [2.75, 3.05) is 26.7 Å². The SMILES string of the molecule is CN(Cc1cccnc1)C1COC2(CCN(Cc3ccncc3)CC2)C1. The minimum atomic E-state index is 0.0859. The van der Waals surface area contributed by atoms with Crippen LogP contribution in [0.5, 0.6) is 0 Å².